The minimum Gasteiger partial charge on any atom is -0.380 e. The number of fused-ring (bicyclic) bond motifs is 1. The first-order chi connectivity index (χ1) is 10.3. The van der Waals surface area contributed by atoms with Crippen LogP contribution in [0.1, 0.15) is 21.6 Å². The summed E-state index contributed by atoms with van der Waals surface area (Å²) in [5.41, 5.74) is 2.46. The van der Waals surface area contributed by atoms with Crippen LogP contribution in [0.2, 0.25) is 0 Å². The number of hydrogen-bond acceptors (Lipinski definition) is 4. The van der Waals surface area contributed by atoms with Gasteiger partial charge in [0, 0.05) is 30.4 Å². The molecule has 0 bridgehead atoms. The summed E-state index contributed by atoms with van der Waals surface area (Å²) in [6.07, 6.45) is 3.88. The van der Waals surface area contributed by atoms with Gasteiger partial charge in [0.15, 0.2) is 4.96 Å². The molecule has 21 heavy (non-hydrogen) atoms. The molecule has 0 aliphatic carbocycles. The molecule has 0 unspecified atom stereocenters. The summed E-state index contributed by atoms with van der Waals surface area (Å²) in [6.45, 7) is 0.917. The number of hydrogen-bond donors (Lipinski definition) is 1. The van der Waals surface area contributed by atoms with Crippen molar-refractivity contribution in [1.29, 1.82) is 0 Å². The van der Waals surface area contributed by atoms with Crippen molar-refractivity contribution in [3.63, 3.8) is 0 Å². The molecule has 1 amide bonds. The summed E-state index contributed by atoms with van der Waals surface area (Å²) < 4.78 is 7.02. The van der Waals surface area contributed by atoms with Crippen LogP contribution < -0.4 is 5.32 Å². The highest BCUT2D eigenvalue weighted by atomic mass is 32.1. The molecule has 3 aromatic rings. The smallest absolute Gasteiger partial charge is 0.251 e. The molecule has 3 rings (SSSR count). The molecular weight excluding hydrogens is 286 g/mol. The van der Waals surface area contributed by atoms with Gasteiger partial charge in [0.05, 0.1) is 18.8 Å². The molecule has 0 aliphatic heterocycles. The maximum Gasteiger partial charge on any atom is 0.251 e. The van der Waals surface area contributed by atoms with E-state index in [0.29, 0.717) is 18.7 Å². The number of amides is 1. The number of nitrogens with one attached hydrogen (secondary N) is 1. The highest BCUT2D eigenvalue weighted by Gasteiger charge is 2.08. The molecule has 5 nitrogen and oxygen atoms in total. The molecule has 1 aromatic carbocycles. The Labute approximate surface area is 126 Å². The summed E-state index contributed by atoms with van der Waals surface area (Å²) in [6, 6.07) is 7.42. The van der Waals surface area contributed by atoms with Crippen molar-refractivity contribution < 1.29 is 9.53 Å². The summed E-state index contributed by atoms with van der Waals surface area (Å²) in [5, 5.41) is 4.86. The predicted octanol–water partition coefficient (Wildman–Crippen LogP) is 2.47. The third-order valence-electron chi connectivity index (χ3n) is 3.07. The highest BCUT2D eigenvalue weighted by molar-refractivity contribution is 7.15. The maximum atomic E-state index is 12.1. The molecule has 0 saturated heterocycles. The van der Waals surface area contributed by atoms with Gasteiger partial charge in [0.2, 0.25) is 0 Å². The topological polar surface area (TPSA) is 55.6 Å². The Bertz CT molecular complexity index is 734. The lowest BCUT2D eigenvalue weighted by Gasteiger charge is -2.05. The van der Waals surface area contributed by atoms with Crippen LogP contribution in [-0.2, 0) is 17.9 Å². The van der Waals surface area contributed by atoms with E-state index in [2.05, 4.69) is 10.3 Å². The fraction of sp³-hybridized carbons (Fsp3) is 0.200. The first-order valence-electron chi connectivity index (χ1n) is 6.53. The number of benzene rings is 1. The lowest BCUT2D eigenvalue weighted by Crippen LogP contribution is -2.23. The van der Waals surface area contributed by atoms with Gasteiger partial charge in [0.1, 0.15) is 0 Å². The Kier molecular flexibility index (Phi) is 3.98. The van der Waals surface area contributed by atoms with Crippen molar-refractivity contribution in [3.05, 3.63) is 58.9 Å². The summed E-state index contributed by atoms with van der Waals surface area (Å²) in [7, 11) is 1.64. The highest BCUT2D eigenvalue weighted by Crippen LogP contribution is 2.11. The van der Waals surface area contributed by atoms with E-state index in [1.54, 1.807) is 24.5 Å². The summed E-state index contributed by atoms with van der Waals surface area (Å²) in [5.74, 6) is -0.107. The van der Waals surface area contributed by atoms with Crippen LogP contribution in [-0.4, -0.2) is 22.4 Å². The first kappa shape index (κ1) is 13.8. The minimum absolute atomic E-state index is 0.107. The second-order valence-corrected chi connectivity index (χ2v) is 5.51. The monoisotopic (exact) mass is 301 g/mol. The normalized spacial score (nSPS) is 10.9. The zero-order valence-corrected chi connectivity index (χ0v) is 12.4. The Balaban J connectivity index is 1.65. The SMILES string of the molecule is COCc1cccc(C(=O)NCc2cn3ccsc3n2)c1. The number of nitrogens with zero attached hydrogens (tertiary/aromatic N) is 2. The van der Waals surface area contributed by atoms with Crippen LogP contribution in [0.5, 0.6) is 0 Å². The second-order valence-electron chi connectivity index (χ2n) is 4.64. The molecule has 0 aliphatic rings. The number of imidazole rings is 1. The fourth-order valence-electron chi connectivity index (χ4n) is 2.10. The van der Waals surface area contributed by atoms with Gasteiger partial charge in [-0.15, -0.1) is 11.3 Å². The maximum absolute atomic E-state index is 12.1. The van der Waals surface area contributed by atoms with Crippen LogP contribution in [0, 0.1) is 0 Å². The molecular formula is C15H15N3O2S. The number of carbonyl (C=O) groups is 1. The van der Waals surface area contributed by atoms with Gasteiger partial charge in [0.25, 0.3) is 5.91 Å². The first-order valence-corrected chi connectivity index (χ1v) is 7.41. The van der Waals surface area contributed by atoms with E-state index >= 15 is 0 Å². The van der Waals surface area contributed by atoms with E-state index < -0.39 is 0 Å². The number of ether oxygens (including phenoxy) is 1. The number of thiazole rings is 1. The van der Waals surface area contributed by atoms with E-state index in [9.17, 15) is 4.79 Å². The van der Waals surface area contributed by atoms with E-state index in [1.807, 2.05) is 40.4 Å². The van der Waals surface area contributed by atoms with Crippen LogP contribution in [0.25, 0.3) is 4.96 Å². The minimum atomic E-state index is -0.107. The van der Waals surface area contributed by atoms with Gasteiger partial charge in [-0.1, -0.05) is 12.1 Å². The summed E-state index contributed by atoms with van der Waals surface area (Å²) in [4.78, 5) is 17.5. The molecule has 0 fully saturated rings. The molecule has 0 radical (unpaired) electrons. The number of aromatic nitrogens is 2. The molecule has 2 aromatic heterocycles. The Morgan fingerprint density at radius 1 is 1.48 bits per heavy atom. The molecule has 0 atom stereocenters. The van der Waals surface area contributed by atoms with Gasteiger partial charge in [-0.25, -0.2) is 4.98 Å². The average Bonchev–Trinajstić information content (AvgIpc) is 3.06. The van der Waals surface area contributed by atoms with Gasteiger partial charge in [-0.05, 0) is 17.7 Å². The van der Waals surface area contributed by atoms with Crippen molar-refractivity contribution in [2.75, 3.05) is 7.11 Å². The number of rotatable bonds is 5. The van der Waals surface area contributed by atoms with E-state index in [4.69, 9.17) is 4.74 Å². The zero-order valence-electron chi connectivity index (χ0n) is 11.6. The van der Waals surface area contributed by atoms with Crippen molar-refractivity contribution in [2.45, 2.75) is 13.2 Å². The zero-order chi connectivity index (χ0) is 14.7. The van der Waals surface area contributed by atoms with Gasteiger partial charge in [-0.2, -0.15) is 0 Å². The molecule has 108 valence electrons. The lowest BCUT2D eigenvalue weighted by atomic mass is 10.1. The second kappa shape index (κ2) is 6.07. The Morgan fingerprint density at radius 2 is 2.38 bits per heavy atom. The van der Waals surface area contributed by atoms with Crippen LogP contribution in [0.3, 0.4) is 0 Å². The molecule has 1 N–H and O–H groups in total. The largest absolute Gasteiger partial charge is 0.380 e. The Morgan fingerprint density at radius 3 is 3.19 bits per heavy atom. The number of carbonyl (C=O) groups excluding carboxylic acids is 1. The van der Waals surface area contributed by atoms with Gasteiger partial charge in [-0.3, -0.25) is 9.20 Å². The van der Waals surface area contributed by atoms with E-state index in [1.165, 1.54) is 0 Å². The third kappa shape index (κ3) is 3.12. The van der Waals surface area contributed by atoms with Crippen molar-refractivity contribution in [2.24, 2.45) is 0 Å². The summed E-state index contributed by atoms with van der Waals surface area (Å²) >= 11 is 1.57. The van der Waals surface area contributed by atoms with Gasteiger partial charge >= 0.3 is 0 Å². The van der Waals surface area contributed by atoms with Crippen LogP contribution in [0.15, 0.2) is 42.0 Å². The number of methoxy groups -OCH3 is 1. The molecule has 6 heteroatoms. The fourth-order valence-corrected chi connectivity index (χ4v) is 2.82. The predicted molar refractivity (Wildman–Crippen MR) is 81.4 cm³/mol. The quantitative estimate of drug-likeness (QED) is 0.787. The van der Waals surface area contributed by atoms with Crippen LogP contribution >= 0.6 is 11.3 Å². The molecule has 0 saturated carbocycles. The van der Waals surface area contributed by atoms with Crippen molar-refractivity contribution in [3.8, 4) is 0 Å². The van der Waals surface area contributed by atoms with Crippen molar-refractivity contribution >= 4 is 22.2 Å². The third-order valence-corrected chi connectivity index (χ3v) is 3.84. The lowest BCUT2D eigenvalue weighted by molar-refractivity contribution is 0.0950. The Hall–Kier alpha value is -2.18. The van der Waals surface area contributed by atoms with Crippen LogP contribution in [0.4, 0.5) is 0 Å². The average molecular weight is 301 g/mol. The standard InChI is InChI=1S/C15H15N3O2S/c1-20-10-11-3-2-4-12(7-11)14(19)16-8-13-9-18-5-6-21-15(18)17-13/h2-7,9H,8,10H2,1H3,(H,16,19). The van der Waals surface area contributed by atoms with Gasteiger partial charge < -0.3 is 10.1 Å². The van der Waals surface area contributed by atoms with Crippen molar-refractivity contribution in [1.82, 2.24) is 14.7 Å². The molecule has 0 spiro atoms. The molecule has 2 heterocycles. The van der Waals surface area contributed by atoms with E-state index in [-0.39, 0.29) is 5.91 Å². The van der Waals surface area contributed by atoms with E-state index in [0.717, 1.165) is 16.2 Å².